The van der Waals surface area contributed by atoms with Crippen LogP contribution in [0.15, 0.2) is 139 Å². The van der Waals surface area contributed by atoms with E-state index in [1.54, 1.807) is 0 Å². The Morgan fingerprint density at radius 2 is 1.02 bits per heavy atom. The van der Waals surface area contributed by atoms with Gasteiger partial charge in [0.2, 0.25) is 0 Å². The normalized spacial score (nSPS) is 14.1. The second-order valence-corrected chi connectivity index (χ2v) is 10.0. The van der Waals surface area contributed by atoms with Crippen LogP contribution in [-0.2, 0) is 24.6 Å². The van der Waals surface area contributed by atoms with Gasteiger partial charge in [-0.1, -0.05) is 103 Å². The van der Waals surface area contributed by atoms with Crippen LogP contribution in [0.1, 0.15) is 40.8 Å². The summed E-state index contributed by atoms with van der Waals surface area (Å²) in [5, 5.41) is 0. The van der Waals surface area contributed by atoms with Crippen molar-refractivity contribution in [3.8, 4) is 17.2 Å². The Labute approximate surface area is 241 Å². The Hall–Kier alpha value is -4.96. The van der Waals surface area contributed by atoms with E-state index in [1.807, 2.05) is 97.1 Å². The van der Waals surface area contributed by atoms with Gasteiger partial charge in [0, 0.05) is 22.8 Å². The Morgan fingerprint density at radius 3 is 1.59 bits per heavy atom. The van der Waals surface area contributed by atoms with Gasteiger partial charge in [-0.25, -0.2) is 0 Å². The van der Waals surface area contributed by atoms with Crippen LogP contribution in [0.25, 0.3) is 5.57 Å². The summed E-state index contributed by atoms with van der Waals surface area (Å²) < 4.78 is 25.2. The zero-order valence-corrected chi connectivity index (χ0v) is 23.0. The molecule has 0 aromatic heterocycles. The minimum Gasteiger partial charge on any atom is -0.489 e. The number of ether oxygens (including phenoxy) is 4. The first kappa shape index (κ1) is 26.3. The van der Waals surface area contributed by atoms with E-state index in [-0.39, 0.29) is 0 Å². The maximum absolute atomic E-state index is 6.65. The summed E-state index contributed by atoms with van der Waals surface area (Å²) in [5.74, 6) is 3.14. The van der Waals surface area contributed by atoms with Gasteiger partial charge in [-0.2, -0.15) is 0 Å². The number of rotatable bonds is 10. The molecule has 1 aliphatic rings. The van der Waals surface area contributed by atoms with Crippen molar-refractivity contribution in [1.82, 2.24) is 0 Å². The molecule has 0 saturated carbocycles. The zero-order valence-electron chi connectivity index (χ0n) is 23.0. The van der Waals surface area contributed by atoms with Crippen molar-refractivity contribution in [3.05, 3.63) is 167 Å². The molecule has 0 amide bonds. The smallest absolute Gasteiger partial charge is 0.181 e. The van der Waals surface area contributed by atoms with Crippen molar-refractivity contribution in [2.45, 2.75) is 32.8 Å². The van der Waals surface area contributed by atoms with E-state index in [1.165, 1.54) is 0 Å². The number of benzene rings is 5. The molecule has 0 spiro atoms. The van der Waals surface area contributed by atoms with E-state index in [0.29, 0.717) is 19.8 Å². The molecule has 0 bridgehead atoms. The fraction of sp³-hybridized carbons (Fsp3) is 0.135. The molecule has 0 radical (unpaired) electrons. The van der Waals surface area contributed by atoms with Crippen LogP contribution in [0.2, 0.25) is 0 Å². The standard InChI is InChI=1S/C37H32O4/c1-27-34-22-21-33(39-25-29-13-7-3-8-14-29)23-35(34)41-37(36(27)40-26-30-15-9-4-10-16-30)31-17-19-32(20-18-31)38-24-28-11-5-2-6-12-28/h2-23,37H,24-26H2,1H3. The van der Waals surface area contributed by atoms with Crippen molar-refractivity contribution in [3.63, 3.8) is 0 Å². The number of allylic oxidation sites excluding steroid dienone is 1. The Kier molecular flexibility index (Phi) is 8.00. The van der Waals surface area contributed by atoms with Crippen LogP contribution < -0.4 is 14.2 Å². The largest absolute Gasteiger partial charge is 0.489 e. The predicted octanol–water partition coefficient (Wildman–Crippen LogP) is 8.93. The predicted molar refractivity (Wildman–Crippen MR) is 162 cm³/mol. The van der Waals surface area contributed by atoms with E-state index in [0.717, 1.165) is 56.4 Å². The SMILES string of the molecule is CC1=C(OCc2ccccc2)C(c2ccc(OCc3ccccc3)cc2)Oc2cc(OCc3ccccc3)ccc21. The molecule has 1 unspecified atom stereocenters. The van der Waals surface area contributed by atoms with Gasteiger partial charge in [0.25, 0.3) is 0 Å². The average molecular weight is 541 g/mol. The Morgan fingerprint density at radius 1 is 0.537 bits per heavy atom. The lowest BCUT2D eigenvalue weighted by Gasteiger charge is -2.31. The summed E-state index contributed by atoms with van der Waals surface area (Å²) in [4.78, 5) is 0. The third kappa shape index (κ3) is 6.44. The number of hydrogen-bond acceptors (Lipinski definition) is 4. The van der Waals surface area contributed by atoms with Crippen LogP contribution in [0.4, 0.5) is 0 Å². The summed E-state index contributed by atoms with van der Waals surface area (Å²) in [7, 11) is 0. The molecular formula is C37H32O4. The average Bonchev–Trinajstić information content (AvgIpc) is 3.04. The molecule has 0 aliphatic carbocycles. The second kappa shape index (κ2) is 12.5. The molecule has 41 heavy (non-hydrogen) atoms. The first-order chi connectivity index (χ1) is 20.2. The summed E-state index contributed by atoms with van der Waals surface area (Å²) in [6.07, 6.45) is -0.404. The number of hydrogen-bond donors (Lipinski definition) is 0. The summed E-state index contributed by atoms with van der Waals surface area (Å²) >= 11 is 0. The van der Waals surface area contributed by atoms with Gasteiger partial charge in [0.15, 0.2) is 6.10 Å². The van der Waals surface area contributed by atoms with Crippen molar-refractivity contribution >= 4 is 5.57 Å². The molecule has 1 heterocycles. The van der Waals surface area contributed by atoms with Gasteiger partial charge >= 0.3 is 0 Å². The Balaban J connectivity index is 1.25. The van der Waals surface area contributed by atoms with Gasteiger partial charge in [-0.3, -0.25) is 0 Å². The molecule has 1 atom stereocenters. The van der Waals surface area contributed by atoms with E-state index in [2.05, 4.69) is 43.3 Å². The van der Waals surface area contributed by atoms with Crippen LogP contribution in [0.5, 0.6) is 17.2 Å². The van der Waals surface area contributed by atoms with Crippen molar-refractivity contribution < 1.29 is 18.9 Å². The van der Waals surface area contributed by atoms with Gasteiger partial charge < -0.3 is 18.9 Å². The highest BCUT2D eigenvalue weighted by atomic mass is 16.5. The van der Waals surface area contributed by atoms with E-state index in [4.69, 9.17) is 18.9 Å². The highest BCUT2D eigenvalue weighted by Gasteiger charge is 2.30. The van der Waals surface area contributed by atoms with Crippen LogP contribution in [0.3, 0.4) is 0 Å². The molecule has 0 fully saturated rings. The molecule has 5 aromatic carbocycles. The maximum atomic E-state index is 6.65. The van der Waals surface area contributed by atoms with Crippen molar-refractivity contribution in [1.29, 1.82) is 0 Å². The minimum absolute atomic E-state index is 0.404. The molecule has 4 heteroatoms. The summed E-state index contributed by atoms with van der Waals surface area (Å²) in [6.45, 7) is 3.56. The first-order valence-corrected chi connectivity index (χ1v) is 13.8. The molecule has 204 valence electrons. The lowest BCUT2D eigenvalue weighted by atomic mass is 9.96. The monoisotopic (exact) mass is 540 g/mol. The van der Waals surface area contributed by atoms with Gasteiger partial charge in [-0.15, -0.1) is 0 Å². The van der Waals surface area contributed by atoms with E-state index < -0.39 is 6.10 Å². The zero-order chi connectivity index (χ0) is 27.9. The lowest BCUT2D eigenvalue weighted by molar-refractivity contribution is 0.105. The van der Waals surface area contributed by atoms with E-state index >= 15 is 0 Å². The van der Waals surface area contributed by atoms with Crippen molar-refractivity contribution in [2.24, 2.45) is 0 Å². The van der Waals surface area contributed by atoms with Gasteiger partial charge in [0.1, 0.15) is 42.8 Å². The summed E-state index contributed by atoms with van der Waals surface area (Å²) in [5.41, 5.74) is 6.38. The molecule has 5 aromatic rings. The topological polar surface area (TPSA) is 36.9 Å². The lowest BCUT2D eigenvalue weighted by Crippen LogP contribution is -2.19. The molecule has 0 N–H and O–H groups in total. The molecule has 6 rings (SSSR count). The molecule has 1 aliphatic heterocycles. The highest BCUT2D eigenvalue weighted by Crippen LogP contribution is 2.44. The minimum atomic E-state index is -0.404. The fourth-order valence-electron chi connectivity index (χ4n) is 4.87. The second-order valence-electron chi connectivity index (χ2n) is 10.0. The Bertz CT molecular complexity index is 1590. The van der Waals surface area contributed by atoms with Crippen LogP contribution in [-0.4, -0.2) is 0 Å². The molecule has 0 saturated heterocycles. The van der Waals surface area contributed by atoms with E-state index in [9.17, 15) is 0 Å². The molecular weight excluding hydrogens is 508 g/mol. The fourth-order valence-corrected chi connectivity index (χ4v) is 4.87. The van der Waals surface area contributed by atoms with Gasteiger partial charge in [0.05, 0.1) is 0 Å². The third-order valence-corrected chi connectivity index (χ3v) is 7.13. The van der Waals surface area contributed by atoms with Crippen LogP contribution >= 0.6 is 0 Å². The third-order valence-electron chi connectivity index (χ3n) is 7.13. The summed E-state index contributed by atoms with van der Waals surface area (Å²) in [6, 6.07) is 44.6. The first-order valence-electron chi connectivity index (χ1n) is 13.8. The molecule has 4 nitrogen and oxygen atoms in total. The number of fused-ring (bicyclic) bond motifs is 1. The van der Waals surface area contributed by atoms with Gasteiger partial charge in [-0.05, 0) is 47.9 Å². The highest BCUT2D eigenvalue weighted by molar-refractivity contribution is 5.74. The quantitative estimate of drug-likeness (QED) is 0.177. The van der Waals surface area contributed by atoms with Crippen LogP contribution in [0, 0.1) is 0 Å². The maximum Gasteiger partial charge on any atom is 0.181 e. The van der Waals surface area contributed by atoms with Crippen molar-refractivity contribution in [2.75, 3.05) is 0 Å².